The zero-order chi connectivity index (χ0) is 21.7. The van der Waals surface area contributed by atoms with Crippen LogP contribution in [-0.4, -0.2) is 37.7 Å². The van der Waals surface area contributed by atoms with Crippen molar-refractivity contribution < 1.29 is 22.9 Å². The van der Waals surface area contributed by atoms with E-state index in [1.54, 1.807) is 6.07 Å². The van der Waals surface area contributed by atoms with Crippen molar-refractivity contribution in [2.45, 2.75) is 30.2 Å². The molecule has 30 heavy (non-hydrogen) atoms. The number of anilines is 1. The van der Waals surface area contributed by atoms with Crippen molar-refractivity contribution in [1.82, 2.24) is 10.0 Å². The highest BCUT2D eigenvalue weighted by Gasteiger charge is 2.28. The second kappa shape index (κ2) is 9.01. The summed E-state index contributed by atoms with van der Waals surface area (Å²) in [4.78, 5) is 34.3. The smallest absolute Gasteiger partial charge is 0.269 e. The standard InChI is InChI=1S/C19H20N4O6S/c24-18(10-11-20-19(25)13-4-8-16(9-5-13)23(26)27)21-15-2-1-3-17(12-15)30(28,29)22-14-6-7-14/h1-5,8-9,12,14,22H,6-7,10-11H2,(H,20,25)(H,21,24). The lowest BCUT2D eigenvalue weighted by molar-refractivity contribution is -0.384. The number of rotatable bonds is 9. The number of nitrogens with one attached hydrogen (secondary N) is 3. The molecule has 3 rings (SSSR count). The maximum absolute atomic E-state index is 12.3. The lowest BCUT2D eigenvalue weighted by Gasteiger charge is -2.09. The van der Waals surface area contributed by atoms with Crippen LogP contribution in [0.4, 0.5) is 11.4 Å². The second-order valence-electron chi connectivity index (χ2n) is 6.78. The lowest BCUT2D eigenvalue weighted by Crippen LogP contribution is -2.28. The maximum Gasteiger partial charge on any atom is 0.269 e. The summed E-state index contributed by atoms with van der Waals surface area (Å²) in [6.45, 7) is 0.0445. The van der Waals surface area contributed by atoms with Crippen LogP contribution in [0.2, 0.25) is 0 Å². The van der Waals surface area contributed by atoms with E-state index in [1.807, 2.05) is 0 Å². The molecule has 0 aliphatic heterocycles. The Morgan fingerprint density at radius 1 is 1.10 bits per heavy atom. The van der Waals surface area contributed by atoms with Gasteiger partial charge in [-0.1, -0.05) is 6.07 Å². The van der Waals surface area contributed by atoms with Gasteiger partial charge in [-0.25, -0.2) is 13.1 Å². The van der Waals surface area contributed by atoms with E-state index in [-0.39, 0.29) is 35.2 Å². The SMILES string of the molecule is O=C(CCNC(=O)c1ccc([N+](=O)[O-])cc1)Nc1cccc(S(=O)(=O)NC2CC2)c1. The first-order valence-electron chi connectivity index (χ1n) is 9.19. The van der Waals surface area contributed by atoms with E-state index >= 15 is 0 Å². The highest BCUT2D eigenvalue weighted by atomic mass is 32.2. The molecule has 2 aromatic rings. The van der Waals surface area contributed by atoms with Crippen molar-refractivity contribution in [2.75, 3.05) is 11.9 Å². The Hall–Kier alpha value is -3.31. The van der Waals surface area contributed by atoms with Gasteiger partial charge in [0, 0.05) is 42.4 Å². The number of non-ortho nitro benzene ring substituents is 1. The summed E-state index contributed by atoms with van der Waals surface area (Å²) in [7, 11) is -3.62. The molecule has 0 saturated heterocycles. The average molecular weight is 432 g/mol. The number of nitro groups is 1. The Bertz CT molecular complexity index is 1060. The summed E-state index contributed by atoms with van der Waals surface area (Å²) in [5.74, 6) is -0.861. The van der Waals surface area contributed by atoms with Crippen LogP contribution in [0.15, 0.2) is 53.4 Å². The summed E-state index contributed by atoms with van der Waals surface area (Å²) in [6, 6.07) is 11.0. The molecule has 0 aromatic heterocycles. The topological polar surface area (TPSA) is 148 Å². The number of benzene rings is 2. The molecule has 2 amide bonds. The zero-order valence-corrected chi connectivity index (χ0v) is 16.6. The van der Waals surface area contributed by atoms with Gasteiger partial charge in [0.2, 0.25) is 15.9 Å². The minimum Gasteiger partial charge on any atom is -0.352 e. The van der Waals surface area contributed by atoms with Gasteiger partial charge in [0.15, 0.2) is 0 Å². The molecule has 1 saturated carbocycles. The minimum atomic E-state index is -3.62. The van der Waals surface area contributed by atoms with Gasteiger partial charge in [0.1, 0.15) is 0 Å². The lowest BCUT2D eigenvalue weighted by atomic mass is 10.2. The Kier molecular flexibility index (Phi) is 6.43. The van der Waals surface area contributed by atoms with E-state index < -0.39 is 26.8 Å². The van der Waals surface area contributed by atoms with E-state index in [1.165, 1.54) is 42.5 Å². The summed E-state index contributed by atoms with van der Waals surface area (Å²) in [5, 5.41) is 15.8. The molecule has 0 unspecified atom stereocenters. The van der Waals surface area contributed by atoms with Gasteiger partial charge < -0.3 is 10.6 Å². The number of carbonyl (C=O) groups is 2. The van der Waals surface area contributed by atoms with Gasteiger partial charge in [-0.15, -0.1) is 0 Å². The number of nitro benzene ring substituents is 1. The largest absolute Gasteiger partial charge is 0.352 e. The number of nitrogens with zero attached hydrogens (tertiary/aromatic N) is 1. The predicted molar refractivity (Wildman–Crippen MR) is 108 cm³/mol. The van der Waals surface area contributed by atoms with Crippen molar-refractivity contribution in [3.63, 3.8) is 0 Å². The normalized spacial score (nSPS) is 13.5. The highest BCUT2D eigenvalue weighted by molar-refractivity contribution is 7.89. The van der Waals surface area contributed by atoms with Gasteiger partial charge in [0.25, 0.3) is 11.6 Å². The van der Waals surface area contributed by atoms with Gasteiger partial charge in [0.05, 0.1) is 9.82 Å². The molecule has 0 bridgehead atoms. The minimum absolute atomic E-state index is 0.0207. The van der Waals surface area contributed by atoms with Crippen molar-refractivity contribution in [3.05, 3.63) is 64.2 Å². The summed E-state index contributed by atoms with van der Waals surface area (Å²) >= 11 is 0. The molecule has 1 fully saturated rings. The van der Waals surface area contributed by atoms with E-state index in [4.69, 9.17) is 0 Å². The third kappa shape index (κ3) is 5.84. The van der Waals surface area contributed by atoms with Crippen LogP contribution in [0.25, 0.3) is 0 Å². The van der Waals surface area contributed by atoms with Gasteiger partial charge in [-0.2, -0.15) is 0 Å². The first-order valence-corrected chi connectivity index (χ1v) is 10.7. The average Bonchev–Trinajstić information content (AvgIpc) is 3.51. The Morgan fingerprint density at radius 2 is 1.80 bits per heavy atom. The summed E-state index contributed by atoms with van der Waals surface area (Å²) in [6.07, 6.45) is 1.61. The molecule has 0 heterocycles. The number of amides is 2. The first kappa shape index (κ1) is 21.4. The van der Waals surface area contributed by atoms with Crippen LogP contribution in [0.3, 0.4) is 0 Å². The van der Waals surface area contributed by atoms with Gasteiger partial charge in [-0.3, -0.25) is 19.7 Å². The summed E-state index contributed by atoms with van der Waals surface area (Å²) in [5.41, 5.74) is 0.449. The monoisotopic (exact) mass is 432 g/mol. The van der Waals surface area contributed by atoms with E-state index in [2.05, 4.69) is 15.4 Å². The molecule has 0 radical (unpaired) electrons. The highest BCUT2D eigenvalue weighted by Crippen LogP contribution is 2.23. The molecule has 0 atom stereocenters. The van der Waals surface area contributed by atoms with Crippen molar-refractivity contribution in [1.29, 1.82) is 0 Å². The van der Waals surface area contributed by atoms with Gasteiger partial charge in [-0.05, 0) is 43.2 Å². The molecule has 11 heteroatoms. The van der Waals surface area contributed by atoms with Gasteiger partial charge >= 0.3 is 0 Å². The molecule has 3 N–H and O–H groups in total. The van der Waals surface area contributed by atoms with Crippen LogP contribution >= 0.6 is 0 Å². The Balaban J connectivity index is 1.49. The Morgan fingerprint density at radius 3 is 2.43 bits per heavy atom. The number of hydrogen-bond donors (Lipinski definition) is 3. The third-order valence-electron chi connectivity index (χ3n) is 4.31. The quantitative estimate of drug-likeness (QED) is 0.406. The fourth-order valence-corrected chi connectivity index (χ4v) is 3.93. The Labute approximate surface area is 172 Å². The molecule has 0 spiro atoms. The maximum atomic E-state index is 12.3. The zero-order valence-electron chi connectivity index (χ0n) is 15.8. The van der Waals surface area contributed by atoms with Crippen molar-refractivity contribution in [2.24, 2.45) is 0 Å². The van der Waals surface area contributed by atoms with Crippen LogP contribution in [-0.2, 0) is 14.8 Å². The molecule has 10 nitrogen and oxygen atoms in total. The van der Waals surface area contributed by atoms with E-state index in [0.717, 1.165) is 12.8 Å². The molecule has 2 aromatic carbocycles. The van der Waals surface area contributed by atoms with Crippen LogP contribution in [0, 0.1) is 10.1 Å². The van der Waals surface area contributed by atoms with Crippen molar-refractivity contribution >= 4 is 33.2 Å². The molecule has 1 aliphatic rings. The number of sulfonamides is 1. The van der Waals surface area contributed by atoms with E-state index in [9.17, 15) is 28.1 Å². The molecule has 158 valence electrons. The third-order valence-corrected chi connectivity index (χ3v) is 5.82. The number of hydrogen-bond acceptors (Lipinski definition) is 6. The first-order chi connectivity index (χ1) is 14.2. The second-order valence-corrected chi connectivity index (χ2v) is 8.50. The molecule has 1 aliphatic carbocycles. The van der Waals surface area contributed by atoms with Crippen LogP contribution in [0.1, 0.15) is 29.6 Å². The van der Waals surface area contributed by atoms with Crippen LogP contribution < -0.4 is 15.4 Å². The fraction of sp³-hybridized carbons (Fsp3) is 0.263. The molecular weight excluding hydrogens is 412 g/mol. The van der Waals surface area contributed by atoms with Crippen LogP contribution in [0.5, 0.6) is 0 Å². The van der Waals surface area contributed by atoms with Crippen molar-refractivity contribution in [3.8, 4) is 0 Å². The van der Waals surface area contributed by atoms with E-state index in [0.29, 0.717) is 5.69 Å². The fourth-order valence-electron chi connectivity index (χ4n) is 2.58. The predicted octanol–water partition coefficient (Wildman–Crippen LogP) is 1.79. The summed E-state index contributed by atoms with van der Waals surface area (Å²) < 4.78 is 27.1. The number of carbonyl (C=O) groups excluding carboxylic acids is 2. The molecular formula is C19H20N4O6S.